The quantitative estimate of drug-likeness (QED) is 0.0889. The van der Waals surface area contributed by atoms with Crippen molar-refractivity contribution in [1.29, 1.82) is 0 Å². The van der Waals surface area contributed by atoms with Crippen LogP contribution in [0.25, 0.3) is 11.1 Å². The zero-order valence-corrected chi connectivity index (χ0v) is 28.3. The highest BCUT2D eigenvalue weighted by molar-refractivity contribution is 7.85. The number of hydrogen-bond donors (Lipinski definition) is 1. The van der Waals surface area contributed by atoms with Gasteiger partial charge in [0.2, 0.25) is 0 Å². The van der Waals surface area contributed by atoms with Gasteiger partial charge in [0, 0.05) is 5.41 Å². The summed E-state index contributed by atoms with van der Waals surface area (Å²) in [6, 6.07) is 34.8. The van der Waals surface area contributed by atoms with Gasteiger partial charge in [-0.3, -0.25) is 14.3 Å². The molecule has 1 aliphatic carbocycles. The first kappa shape index (κ1) is 34.3. The Labute approximate surface area is 278 Å². The standard InChI is InChI=1S/C39H43NO6S/c1-6-25-38(28-45-47(5,42)43,27-44-26-29-17-9-7-10-18-29)35(36(41)46-37(2,3)4)40-39(30-19-11-8-12-20-30)33-23-15-13-21-31(33)32-22-14-16-24-34(32)39/h6-24,35,40H,1,25-28H2,2-5H3/t35-,38+/m1/s1. The molecule has 0 heterocycles. The predicted molar refractivity (Wildman–Crippen MR) is 185 cm³/mol. The number of fused-ring (bicyclic) bond motifs is 3. The Balaban J connectivity index is 1.73. The molecule has 0 bridgehead atoms. The monoisotopic (exact) mass is 653 g/mol. The average Bonchev–Trinajstić information content (AvgIpc) is 3.33. The number of rotatable bonds is 14. The van der Waals surface area contributed by atoms with E-state index in [1.807, 2.05) is 106 Å². The van der Waals surface area contributed by atoms with E-state index >= 15 is 0 Å². The molecule has 1 N–H and O–H groups in total. The maximum atomic E-state index is 14.6. The third kappa shape index (κ3) is 7.57. The molecule has 47 heavy (non-hydrogen) atoms. The molecule has 7 nitrogen and oxygen atoms in total. The van der Waals surface area contributed by atoms with Crippen molar-refractivity contribution in [3.63, 3.8) is 0 Å². The lowest BCUT2D eigenvalue weighted by Gasteiger charge is -2.45. The summed E-state index contributed by atoms with van der Waals surface area (Å²) < 4.78 is 43.1. The molecule has 0 spiro atoms. The Morgan fingerprint density at radius 3 is 1.89 bits per heavy atom. The molecule has 0 fully saturated rings. The van der Waals surface area contributed by atoms with Crippen LogP contribution in [0.1, 0.15) is 49.4 Å². The van der Waals surface area contributed by atoms with Gasteiger partial charge in [0.05, 0.1) is 31.6 Å². The summed E-state index contributed by atoms with van der Waals surface area (Å²) in [6.45, 7) is 9.30. The summed E-state index contributed by atoms with van der Waals surface area (Å²) in [5.41, 5.74) is 2.70. The first-order chi connectivity index (χ1) is 22.4. The second-order valence-electron chi connectivity index (χ2n) is 13.1. The molecule has 4 aromatic rings. The van der Waals surface area contributed by atoms with E-state index in [9.17, 15) is 13.2 Å². The van der Waals surface area contributed by atoms with Crippen molar-refractivity contribution in [3.8, 4) is 11.1 Å². The number of carbonyl (C=O) groups is 1. The van der Waals surface area contributed by atoms with Crippen LogP contribution in [0.3, 0.4) is 0 Å². The van der Waals surface area contributed by atoms with Crippen LogP contribution in [-0.4, -0.2) is 45.5 Å². The van der Waals surface area contributed by atoms with Crippen LogP contribution in [0.15, 0.2) is 122 Å². The van der Waals surface area contributed by atoms with Gasteiger partial charge >= 0.3 is 5.97 Å². The maximum absolute atomic E-state index is 14.6. The molecule has 0 aromatic heterocycles. The number of carbonyl (C=O) groups excluding carboxylic acids is 1. The van der Waals surface area contributed by atoms with Crippen molar-refractivity contribution in [2.75, 3.05) is 19.5 Å². The lowest BCUT2D eigenvalue weighted by Crippen LogP contribution is -2.62. The van der Waals surface area contributed by atoms with Crippen molar-refractivity contribution in [1.82, 2.24) is 5.32 Å². The van der Waals surface area contributed by atoms with Gasteiger partial charge in [-0.15, -0.1) is 6.58 Å². The van der Waals surface area contributed by atoms with Gasteiger partial charge in [-0.1, -0.05) is 115 Å². The summed E-state index contributed by atoms with van der Waals surface area (Å²) >= 11 is 0. The highest BCUT2D eigenvalue weighted by atomic mass is 32.2. The topological polar surface area (TPSA) is 90.9 Å². The summed E-state index contributed by atoms with van der Waals surface area (Å²) in [6.07, 6.45) is 2.85. The SMILES string of the molecule is C=CC[C@](COCc1ccccc1)(COS(C)(=O)=O)[C@H](NC1(c2ccccc2)c2ccccc2-c2ccccc21)C(=O)OC(C)(C)C. The Bertz CT molecular complexity index is 1750. The molecule has 5 rings (SSSR count). The van der Waals surface area contributed by atoms with E-state index in [1.165, 1.54) is 0 Å². The van der Waals surface area contributed by atoms with Crippen LogP contribution in [0.4, 0.5) is 0 Å². The van der Waals surface area contributed by atoms with E-state index in [4.69, 9.17) is 13.7 Å². The predicted octanol–water partition coefficient (Wildman–Crippen LogP) is 7.01. The summed E-state index contributed by atoms with van der Waals surface area (Å²) in [5.74, 6) is -0.558. The Hall–Kier alpha value is -4.08. The molecule has 246 valence electrons. The first-order valence-corrected chi connectivity index (χ1v) is 17.5. The van der Waals surface area contributed by atoms with Crippen LogP contribution in [-0.2, 0) is 40.7 Å². The molecule has 0 radical (unpaired) electrons. The number of allylic oxidation sites excluding steroid dienone is 1. The number of nitrogens with one attached hydrogen (secondary N) is 1. The first-order valence-electron chi connectivity index (χ1n) is 15.7. The molecule has 0 saturated heterocycles. The molecule has 4 aromatic carbocycles. The highest BCUT2D eigenvalue weighted by Crippen LogP contribution is 2.52. The normalized spacial score (nSPS) is 15.6. The van der Waals surface area contributed by atoms with Gasteiger partial charge in [0.15, 0.2) is 0 Å². The summed E-state index contributed by atoms with van der Waals surface area (Å²) in [4.78, 5) is 14.6. The highest BCUT2D eigenvalue weighted by Gasteiger charge is 2.53. The van der Waals surface area contributed by atoms with E-state index in [-0.39, 0.29) is 26.2 Å². The third-order valence-electron chi connectivity index (χ3n) is 8.39. The van der Waals surface area contributed by atoms with Gasteiger partial charge in [-0.25, -0.2) is 0 Å². The molecule has 0 aliphatic heterocycles. The Morgan fingerprint density at radius 1 is 0.830 bits per heavy atom. The van der Waals surface area contributed by atoms with Crippen molar-refractivity contribution in [2.45, 2.75) is 51.0 Å². The minimum atomic E-state index is -3.91. The smallest absolute Gasteiger partial charge is 0.324 e. The molecule has 1 aliphatic rings. The molecule has 0 unspecified atom stereocenters. The summed E-state index contributed by atoms with van der Waals surface area (Å²) in [5, 5.41) is 3.81. The minimum absolute atomic E-state index is 0.0332. The van der Waals surface area contributed by atoms with Crippen LogP contribution >= 0.6 is 0 Å². The van der Waals surface area contributed by atoms with Crippen molar-refractivity contribution < 1.29 is 26.9 Å². The number of ether oxygens (including phenoxy) is 2. The van der Waals surface area contributed by atoms with Gasteiger partial charge in [-0.2, -0.15) is 8.42 Å². The fourth-order valence-electron chi connectivity index (χ4n) is 6.41. The number of esters is 1. The second kappa shape index (κ2) is 14.0. The molecule has 2 atom stereocenters. The lowest BCUT2D eigenvalue weighted by molar-refractivity contribution is -0.165. The summed E-state index contributed by atoms with van der Waals surface area (Å²) in [7, 11) is -3.91. The Morgan fingerprint density at radius 2 is 1.36 bits per heavy atom. The zero-order chi connectivity index (χ0) is 33.7. The Kier molecular flexibility index (Phi) is 10.2. The third-order valence-corrected chi connectivity index (χ3v) is 8.93. The van der Waals surface area contributed by atoms with Crippen LogP contribution < -0.4 is 5.32 Å². The maximum Gasteiger partial charge on any atom is 0.324 e. The fraction of sp³-hybridized carbons (Fsp3) is 0.308. The zero-order valence-electron chi connectivity index (χ0n) is 27.4. The molecular weight excluding hydrogens is 610 g/mol. The van der Waals surface area contributed by atoms with E-state index in [2.05, 4.69) is 36.2 Å². The van der Waals surface area contributed by atoms with E-state index in [0.717, 1.165) is 39.6 Å². The van der Waals surface area contributed by atoms with E-state index in [1.54, 1.807) is 6.08 Å². The van der Waals surface area contributed by atoms with Gasteiger partial charge in [0.1, 0.15) is 11.6 Å². The molecule has 8 heteroatoms. The van der Waals surface area contributed by atoms with Gasteiger partial charge in [0.25, 0.3) is 10.1 Å². The number of hydrogen-bond acceptors (Lipinski definition) is 7. The van der Waals surface area contributed by atoms with Crippen molar-refractivity contribution in [3.05, 3.63) is 144 Å². The molecule has 0 saturated carbocycles. The largest absolute Gasteiger partial charge is 0.459 e. The van der Waals surface area contributed by atoms with Gasteiger partial charge < -0.3 is 9.47 Å². The van der Waals surface area contributed by atoms with Gasteiger partial charge in [-0.05, 0) is 60.6 Å². The average molecular weight is 654 g/mol. The van der Waals surface area contributed by atoms with Crippen LogP contribution in [0, 0.1) is 5.41 Å². The second-order valence-corrected chi connectivity index (χ2v) is 14.8. The van der Waals surface area contributed by atoms with Crippen LogP contribution in [0.2, 0.25) is 0 Å². The van der Waals surface area contributed by atoms with E-state index in [0.29, 0.717) is 0 Å². The van der Waals surface area contributed by atoms with Crippen molar-refractivity contribution in [2.24, 2.45) is 5.41 Å². The lowest BCUT2D eigenvalue weighted by atomic mass is 9.74. The molecule has 0 amide bonds. The molecular formula is C39H43NO6S. The minimum Gasteiger partial charge on any atom is -0.459 e. The van der Waals surface area contributed by atoms with E-state index < -0.39 is 38.7 Å². The van der Waals surface area contributed by atoms with Crippen LogP contribution in [0.5, 0.6) is 0 Å². The number of benzene rings is 4. The van der Waals surface area contributed by atoms with Crippen molar-refractivity contribution >= 4 is 16.1 Å². The fourth-order valence-corrected chi connectivity index (χ4v) is 6.86.